The van der Waals surface area contributed by atoms with Gasteiger partial charge in [0.1, 0.15) is 0 Å². The van der Waals surface area contributed by atoms with E-state index in [0.29, 0.717) is 18.2 Å². The van der Waals surface area contributed by atoms with Crippen molar-refractivity contribution in [3.8, 4) is 17.1 Å². The number of nitrogen functional groups attached to an aromatic ring is 1. The normalized spacial score (nSPS) is 11.4. The van der Waals surface area contributed by atoms with Gasteiger partial charge in [-0.3, -0.25) is 0 Å². The second kappa shape index (κ2) is 6.72. The fourth-order valence-electron chi connectivity index (χ4n) is 2.21. The first-order valence-corrected chi connectivity index (χ1v) is 7.99. The molecule has 0 saturated heterocycles. The van der Waals surface area contributed by atoms with Gasteiger partial charge in [-0.1, -0.05) is 26.8 Å². The smallest absolute Gasteiger partial charge is 0.316 e. The summed E-state index contributed by atoms with van der Waals surface area (Å²) in [4.78, 5) is 8.24. The Kier molecular flexibility index (Phi) is 5.11. The van der Waals surface area contributed by atoms with Crippen molar-refractivity contribution in [3.63, 3.8) is 0 Å². The van der Waals surface area contributed by atoms with Gasteiger partial charge in [0.25, 0.3) is 0 Å². The molecule has 0 aliphatic rings. The maximum Gasteiger partial charge on any atom is 0.316 e. The fourth-order valence-corrected chi connectivity index (χ4v) is 2.78. The first kappa shape index (κ1) is 17.5. The molecule has 0 amide bonds. The van der Waals surface area contributed by atoms with E-state index >= 15 is 0 Å². The lowest BCUT2D eigenvalue weighted by Gasteiger charge is -2.29. The van der Waals surface area contributed by atoms with Crippen molar-refractivity contribution < 1.29 is 4.74 Å². The van der Waals surface area contributed by atoms with E-state index in [4.69, 9.17) is 16.3 Å². The second-order valence-corrected chi connectivity index (χ2v) is 7.30. The molecule has 7 heteroatoms. The van der Waals surface area contributed by atoms with Crippen molar-refractivity contribution in [2.24, 2.45) is 11.3 Å². The molecule has 0 aliphatic heterocycles. The van der Waals surface area contributed by atoms with Crippen LogP contribution in [0.25, 0.3) is 11.1 Å². The summed E-state index contributed by atoms with van der Waals surface area (Å²) >= 11 is 3.56. The molecule has 1 heterocycles. The quantitative estimate of drug-likeness (QED) is 0.481. The lowest BCUT2D eigenvalue weighted by molar-refractivity contribution is 0.380. The number of hydrazine groups is 1. The summed E-state index contributed by atoms with van der Waals surface area (Å²) in [5.41, 5.74) is 9.44. The highest BCUT2D eigenvalue weighted by Crippen LogP contribution is 2.38. The average Bonchev–Trinajstić information content (AvgIpc) is 2.48. The number of halogens is 1. The summed E-state index contributed by atoms with van der Waals surface area (Å²) in [5, 5.41) is 1.67. The summed E-state index contributed by atoms with van der Waals surface area (Å²) in [6.07, 6.45) is 3.39. The highest BCUT2D eigenvalue weighted by atomic mass is 79.9. The number of nitrogens with zero attached hydrogens (tertiary/aromatic N) is 3. The Morgan fingerprint density at radius 1 is 1.22 bits per heavy atom. The summed E-state index contributed by atoms with van der Waals surface area (Å²) in [7, 11) is 1.53. The molecule has 124 valence electrons. The summed E-state index contributed by atoms with van der Waals surface area (Å²) < 4.78 is 5.75. The lowest BCUT2D eigenvalue weighted by atomic mass is 9.96. The zero-order valence-electron chi connectivity index (χ0n) is 13.8. The first-order chi connectivity index (χ1) is 10.7. The zero-order valence-corrected chi connectivity index (χ0v) is 15.4. The predicted octanol–water partition coefficient (Wildman–Crippen LogP) is 3.22. The molecule has 4 N–H and O–H groups in total. The van der Waals surface area contributed by atoms with Gasteiger partial charge in [0.15, 0.2) is 0 Å². The molecule has 2 aromatic rings. The zero-order chi connectivity index (χ0) is 17.2. The Hall–Kier alpha value is -1.86. The molecule has 0 radical (unpaired) electrons. The van der Waals surface area contributed by atoms with Crippen molar-refractivity contribution in [1.29, 1.82) is 0 Å². The van der Waals surface area contributed by atoms with Crippen molar-refractivity contribution in [1.82, 2.24) is 9.97 Å². The minimum atomic E-state index is 0.0656. The van der Waals surface area contributed by atoms with Crippen LogP contribution >= 0.6 is 15.9 Å². The van der Waals surface area contributed by atoms with E-state index < -0.39 is 0 Å². The molecule has 0 fully saturated rings. The van der Waals surface area contributed by atoms with Crippen LogP contribution in [0.4, 0.5) is 11.4 Å². The number of hydrogen-bond acceptors (Lipinski definition) is 6. The van der Waals surface area contributed by atoms with Gasteiger partial charge in [0.2, 0.25) is 0 Å². The molecule has 23 heavy (non-hydrogen) atoms. The van der Waals surface area contributed by atoms with Gasteiger partial charge in [0, 0.05) is 30.1 Å². The number of ether oxygens (including phenoxy) is 1. The van der Waals surface area contributed by atoms with Crippen molar-refractivity contribution in [2.45, 2.75) is 20.8 Å². The Labute approximate surface area is 145 Å². The topological polar surface area (TPSA) is 90.3 Å². The molecule has 0 aliphatic carbocycles. The van der Waals surface area contributed by atoms with Crippen LogP contribution in [0.1, 0.15) is 20.8 Å². The summed E-state index contributed by atoms with van der Waals surface area (Å²) in [6.45, 7) is 7.07. The van der Waals surface area contributed by atoms with Crippen LogP contribution in [-0.2, 0) is 0 Å². The summed E-state index contributed by atoms with van der Waals surface area (Å²) in [6, 6.07) is 4.18. The molecule has 0 spiro atoms. The van der Waals surface area contributed by atoms with Crippen LogP contribution in [0.5, 0.6) is 6.01 Å². The molecule has 2 rings (SSSR count). The monoisotopic (exact) mass is 379 g/mol. The van der Waals surface area contributed by atoms with Crippen molar-refractivity contribution >= 4 is 27.3 Å². The Bertz CT molecular complexity index is 682. The van der Waals surface area contributed by atoms with Gasteiger partial charge in [-0.2, -0.15) is 0 Å². The van der Waals surface area contributed by atoms with Crippen LogP contribution < -0.4 is 21.3 Å². The fraction of sp³-hybridized carbons (Fsp3) is 0.375. The van der Waals surface area contributed by atoms with E-state index in [1.165, 1.54) is 7.11 Å². The van der Waals surface area contributed by atoms with Crippen molar-refractivity contribution in [2.75, 3.05) is 24.4 Å². The predicted molar refractivity (Wildman–Crippen MR) is 97.1 cm³/mol. The number of benzene rings is 1. The third kappa shape index (κ3) is 4.11. The van der Waals surface area contributed by atoms with Gasteiger partial charge in [-0.25, -0.2) is 15.8 Å². The number of aromatic nitrogens is 2. The molecular weight excluding hydrogens is 358 g/mol. The van der Waals surface area contributed by atoms with Gasteiger partial charge in [-0.05, 0) is 27.4 Å². The molecule has 1 aromatic heterocycles. The highest BCUT2D eigenvalue weighted by molar-refractivity contribution is 9.10. The van der Waals surface area contributed by atoms with Gasteiger partial charge < -0.3 is 15.5 Å². The van der Waals surface area contributed by atoms with E-state index in [1.807, 2.05) is 12.1 Å². The molecule has 0 unspecified atom stereocenters. The largest absolute Gasteiger partial charge is 0.467 e. The molecular formula is C16H22BrN5O. The minimum absolute atomic E-state index is 0.0656. The number of methoxy groups -OCH3 is 1. The number of anilines is 2. The standard InChI is InChI=1S/C16H22BrN5O/c1-16(2,3)9-22(19)12-6-5-11(13(17)14(12)18)10-7-20-15(23-4)21-8-10/h5-8H,9,18-19H2,1-4H3. The number of rotatable bonds is 4. The minimum Gasteiger partial charge on any atom is -0.467 e. The molecule has 6 nitrogen and oxygen atoms in total. The van der Waals surface area contributed by atoms with Gasteiger partial charge in [0.05, 0.1) is 23.0 Å². The SMILES string of the molecule is COc1ncc(-c2ccc(N(N)CC(C)(C)C)c(N)c2Br)cn1. The molecule has 1 aromatic carbocycles. The van der Waals surface area contributed by atoms with E-state index in [1.54, 1.807) is 17.4 Å². The Morgan fingerprint density at radius 3 is 2.35 bits per heavy atom. The van der Waals surface area contributed by atoms with E-state index in [-0.39, 0.29) is 5.41 Å². The second-order valence-electron chi connectivity index (χ2n) is 6.51. The summed E-state index contributed by atoms with van der Waals surface area (Å²) in [5.74, 6) is 6.17. The number of nitrogens with two attached hydrogens (primary N) is 2. The Balaban J connectivity index is 2.36. The van der Waals surface area contributed by atoms with Crippen LogP contribution in [-0.4, -0.2) is 23.6 Å². The van der Waals surface area contributed by atoms with Crippen LogP contribution in [0.15, 0.2) is 29.0 Å². The maximum absolute atomic E-state index is 6.26. The average molecular weight is 380 g/mol. The lowest BCUT2D eigenvalue weighted by Crippen LogP contribution is -2.38. The van der Waals surface area contributed by atoms with Crippen LogP contribution in [0.3, 0.4) is 0 Å². The highest BCUT2D eigenvalue weighted by Gasteiger charge is 2.19. The molecule has 0 saturated carbocycles. The Morgan fingerprint density at radius 2 is 1.83 bits per heavy atom. The third-order valence-electron chi connectivity index (χ3n) is 3.23. The van der Waals surface area contributed by atoms with E-state index in [0.717, 1.165) is 21.3 Å². The van der Waals surface area contributed by atoms with Crippen LogP contribution in [0, 0.1) is 5.41 Å². The molecule has 0 atom stereocenters. The molecule has 0 bridgehead atoms. The van der Waals surface area contributed by atoms with Crippen LogP contribution in [0.2, 0.25) is 0 Å². The van der Waals surface area contributed by atoms with Crippen molar-refractivity contribution in [3.05, 3.63) is 29.0 Å². The van der Waals surface area contributed by atoms with E-state index in [9.17, 15) is 0 Å². The third-order valence-corrected chi connectivity index (χ3v) is 4.09. The van der Waals surface area contributed by atoms with Gasteiger partial charge in [-0.15, -0.1) is 0 Å². The maximum atomic E-state index is 6.26. The number of hydrogen-bond donors (Lipinski definition) is 2. The van der Waals surface area contributed by atoms with E-state index in [2.05, 4.69) is 46.7 Å². The van der Waals surface area contributed by atoms with Gasteiger partial charge >= 0.3 is 6.01 Å². The first-order valence-electron chi connectivity index (χ1n) is 7.19.